The van der Waals surface area contributed by atoms with Gasteiger partial charge in [0.05, 0.1) is 5.69 Å². The van der Waals surface area contributed by atoms with E-state index in [0.717, 1.165) is 6.92 Å². The van der Waals surface area contributed by atoms with Crippen molar-refractivity contribution in [2.45, 2.75) is 38.3 Å². The maximum Gasteiger partial charge on any atom is 0.326 e. The van der Waals surface area contributed by atoms with Gasteiger partial charge in [0.25, 0.3) is 29.3 Å². The fraction of sp³-hybridized carbons (Fsp3) is 0.280. The van der Waals surface area contributed by atoms with Crippen LogP contribution in [0, 0.1) is 5.41 Å². The van der Waals surface area contributed by atoms with Crippen LogP contribution in [-0.4, -0.2) is 68.8 Å². The first-order valence-electron chi connectivity index (χ1n) is 11.5. The molecule has 0 bridgehead atoms. The standard InChI is InChI=1S/C23H23N5O6.C2H4O2/c1-23(22(33)28-10-2-3-16(28)20(30)31)21(32)27-15-11-14(8-9-17(15)34-23)26-19(29)13-6-4-12(5-7-13)18(24)25;1-2(3)4/h4-9,11,16H,2-3,10H2,1H3,(H3,24,25)(H,26,29)(H,27,32)(H,30,31);1H3,(H,3,4)/t16-,23-;/m0./s1. The average molecular weight is 526 g/mol. The number of rotatable bonds is 5. The van der Waals surface area contributed by atoms with Gasteiger partial charge in [0.2, 0.25) is 0 Å². The Hall–Kier alpha value is -4.94. The van der Waals surface area contributed by atoms with Gasteiger partial charge in [0.1, 0.15) is 17.6 Å². The number of nitrogens with zero attached hydrogens (tertiary/aromatic N) is 1. The van der Waals surface area contributed by atoms with E-state index in [1.54, 1.807) is 18.2 Å². The minimum absolute atomic E-state index is 0.105. The van der Waals surface area contributed by atoms with Crippen molar-refractivity contribution in [3.8, 4) is 5.75 Å². The molecular formula is C25H27N5O8. The summed E-state index contributed by atoms with van der Waals surface area (Å²) in [4.78, 5) is 60.1. The lowest BCUT2D eigenvalue weighted by atomic mass is 10.00. The predicted octanol–water partition coefficient (Wildman–Crippen LogP) is 1.48. The lowest BCUT2D eigenvalue weighted by molar-refractivity contribution is -0.160. The van der Waals surface area contributed by atoms with Gasteiger partial charge in [0, 0.05) is 30.3 Å². The Morgan fingerprint density at radius 1 is 1.13 bits per heavy atom. The Kier molecular flexibility index (Phi) is 7.99. The van der Waals surface area contributed by atoms with E-state index in [9.17, 15) is 24.3 Å². The molecule has 2 atom stereocenters. The molecule has 2 aromatic carbocycles. The van der Waals surface area contributed by atoms with Crippen LogP contribution in [0.5, 0.6) is 5.75 Å². The third-order valence-corrected chi connectivity index (χ3v) is 5.90. The molecule has 2 aromatic rings. The van der Waals surface area contributed by atoms with Crippen molar-refractivity contribution in [1.82, 2.24) is 4.90 Å². The molecule has 38 heavy (non-hydrogen) atoms. The van der Waals surface area contributed by atoms with Crippen molar-refractivity contribution in [3.63, 3.8) is 0 Å². The lowest BCUT2D eigenvalue weighted by Gasteiger charge is -2.37. The fourth-order valence-electron chi connectivity index (χ4n) is 3.99. The second-order valence-corrected chi connectivity index (χ2v) is 8.76. The van der Waals surface area contributed by atoms with Gasteiger partial charge < -0.3 is 36.2 Å². The summed E-state index contributed by atoms with van der Waals surface area (Å²) in [7, 11) is 0. The molecule has 0 radical (unpaired) electrons. The number of nitrogens with one attached hydrogen (secondary N) is 3. The zero-order valence-electron chi connectivity index (χ0n) is 20.6. The lowest BCUT2D eigenvalue weighted by Crippen LogP contribution is -2.61. The van der Waals surface area contributed by atoms with Crippen LogP contribution in [0.1, 0.15) is 42.6 Å². The van der Waals surface area contributed by atoms with E-state index in [1.807, 2.05) is 0 Å². The van der Waals surface area contributed by atoms with Crippen LogP contribution < -0.4 is 21.1 Å². The molecule has 1 fully saturated rings. The summed E-state index contributed by atoms with van der Waals surface area (Å²) >= 11 is 0. The highest BCUT2D eigenvalue weighted by Crippen LogP contribution is 2.37. The SMILES string of the molecule is CC(=O)O.C[C@]1(C(=O)N2CCC[C@H]2C(=O)O)Oc2ccc(NC(=O)c3ccc(C(=N)N)cc3)cc2NC1=O. The maximum absolute atomic E-state index is 13.1. The maximum atomic E-state index is 13.1. The Morgan fingerprint density at radius 3 is 2.32 bits per heavy atom. The van der Waals surface area contributed by atoms with Crippen LogP contribution in [-0.2, 0) is 19.2 Å². The van der Waals surface area contributed by atoms with Crippen molar-refractivity contribution in [1.29, 1.82) is 5.41 Å². The number of hydrogen-bond acceptors (Lipinski definition) is 7. The number of amides is 3. The number of likely N-dealkylation sites (tertiary alicyclic amines) is 1. The van der Waals surface area contributed by atoms with E-state index in [-0.39, 0.29) is 23.8 Å². The van der Waals surface area contributed by atoms with Crippen molar-refractivity contribution in [3.05, 3.63) is 53.6 Å². The summed E-state index contributed by atoms with van der Waals surface area (Å²) < 4.78 is 5.77. The number of anilines is 2. The number of benzene rings is 2. The summed E-state index contributed by atoms with van der Waals surface area (Å²) in [5, 5.41) is 29.5. The molecule has 0 aliphatic carbocycles. The molecule has 0 unspecified atom stereocenters. The second kappa shape index (κ2) is 11.0. The molecule has 0 aromatic heterocycles. The van der Waals surface area contributed by atoms with Crippen LogP contribution in [0.3, 0.4) is 0 Å². The molecule has 2 aliphatic rings. The van der Waals surface area contributed by atoms with Gasteiger partial charge in [-0.1, -0.05) is 12.1 Å². The topological polar surface area (TPSA) is 212 Å². The number of hydrogen-bond donors (Lipinski definition) is 6. The van der Waals surface area contributed by atoms with Crippen LogP contribution in [0.25, 0.3) is 0 Å². The molecular weight excluding hydrogens is 498 g/mol. The van der Waals surface area contributed by atoms with E-state index < -0.39 is 41.3 Å². The number of aliphatic carboxylic acids is 2. The number of carbonyl (C=O) groups is 5. The van der Waals surface area contributed by atoms with E-state index in [1.165, 1.54) is 36.1 Å². The summed E-state index contributed by atoms with van der Waals surface area (Å²) in [5.41, 5.74) is 4.97. The van der Waals surface area contributed by atoms with Gasteiger partial charge in [-0.15, -0.1) is 0 Å². The number of carboxylic acid groups (broad SMARTS) is 2. The zero-order valence-corrected chi connectivity index (χ0v) is 20.6. The largest absolute Gasteiger partial charge is 0.481 e. The molecule has 13 heteroatoms. The summed E-state index contributed by atoms with van der Waals surface area (Å²) in [6.07, 6.45) is 0.841. The number of fused-ring (bicyclic) bond motifs is 1. The average Bonchev–Trinajstić information content (AvgIpc) is 3.34. The highest BCUT2D eigenvalue weighted by Gasteiger charge is 2.52. The van der Waals surface area contributed by atoms with Crippen molar-refractivity contribution in [2.24, 2.45) is 5.73 Å². The predicted molar refractivity (Wildman–Crippen MR) is 135 cm³/mol. The van der Waals surface area contributed by atoms with Gasteiger partial charge in [-0.2, -0.15) is 0 Å². The molecule has 2 aliphatic heterocycles. The summed E-state index contributed by atoms with van der Waals surface area (Å²) in [6, 6.07) is 9.76. The zero-order chi connectivity index (χ0) is 28.2. The molecule has 0 saturated carbocycles. The number of carboxylic acids is 2. The van der Waals surface area contributed by atoms with E-state index >= 15 is 0 Å². The molecule has 13 nitrogen and oxygen atoms in total. The van der Waals surface area contributed by atoms with Gasteiger partial charge in [-0.3, -0.25) is 24.6 Å². The minimum Gasteiger partial charge on any atom is -0.481 e. The third kappa shape index (κ3) is 5.88. The van der Waals surface area contributed by atoms with Crippen molar-refractivity contribution < 1.29 is 38.9 Å². The Labute approximate surface area is 217 Å². The summed E-state index contributed by atoms with van der Waals surface area (Å²) in [6.45, 7) is 2.62. The first kappa shape index (κ1) is 27.6. The van der Waals surface area contributed by atoms with Gasteiger partial charge in [-0.25, -0.2) is 4.79 Å². The molecule has 200 valence electrons. The van der Waals surface area contributed by atoms with Gasteiger partial charge in [0.15, 0.2) is 0 Å². The molecule has 4 rings (SSSR count). The van der Waals surface area contributed by atoms with E-state index in [0.29, 0.717) is 29.7 Å². The minimum atomic E-state index is -1.92. The first-order valence-corrected chi connectivity index (χ1v) is 11.5. The molecule has 7 N–H and O–H groups in total. The number of nitrogens with two attached hydrogens (primary N) is 1. The monoisotopic (exact) mass is 525 g/mol. The highest BCUT2D eigenvalue weighted by molar-refractivity contribution is 6.16. The normalized spacial score (nSPS) is 19.6. The molecule has 1 saturated heterocycles. The summed E-state index contributed by atoms with van der Waals surface area (Å²) in [5.74, 6) is -3.71. The molecule has 0 spiro atoms. The first-order chi connectivity index (χ1) is 17.8. The van der Waals surface area contributed by atoms with Crippen molar-refractivity contribution >= 4 is 46.9 Å². The quantitative estimate of drug-likeness (QED) is 0.189. The van der Waals surface area contributed by atoms with Crippen LogP contribution >= 0.6 is 0 Å². The number of ether oxygens (including phenoxy) is 1. The number of amidine groups is 1. The van der Waals surface area contributed by atoms with Gasteiger partial charge in [-0.05, 0) is 50.1 Å². The van der Waals surface area contributed by atoms with Crippen LogP contribution in [0.15, 0.2) is 42.5 Å². The smallest absolute Gasteiger partial charge is 0.326 e. The van der Waals surface area contributed by atoms with Crippen LogP contribution in [0.4, 0.5) is 11.4 Å². The molecule has 2 heterocycles. The fourth-order valence-corrected chi connectivity index (χ4v) is 3.99. The third-order valence-electron chi connectivity index (χ3n) is 5.90. The number of nitrogen functional groups attached to an aromatic ring is 1. The highest BCUT2D eigenvalue weighted by atomic mass is 16.5. The Bertz CT molecular complexity index is 1310. The van der Waals surface area contributed by atoms with Crippen LogP contribution in [0.2, 0.25) is 0 Å². The van der Waals surface area contributed by atoms with Crippen molar-refractivity contribution in [2.75, 3.05) is 17.2 Å². The Morgan fingerprint density at radius 2 is 1.74 bits per heavy atom. The van der Waals surface area contributed by atoms with E-state index in [2.05, 4.69) is 10.6 Å². The second-order valence-electron chi connectivity index (χ2n) is 8.76. The molecule has 3 amide bonds. The van der Waals surface area contributed by atoms with Gasteiger partial charge >= 0.3 is 5.97 Å². The number of carbonyl (C=O) groups excluding carboxylic acids is 3. The van der Waals surface area contributed by atoms with E-state index in [4.69, 9.17) is 25.8 Å². The Balaban J connectivity index is 0.000000934.